The van der Waals surface area contributed by atoms with Crippen LogP contribution in [0.3, 0.4) is 0 Å². The number of hydrazine groups is 1. The summed E-state index contributed by atoms with van der Waals surface area (Å²) in [5.74, 6) is -0.426. The maximum atomic E-state index is 12.6. The monoisotopic (exact) mass is 560 g/mol. The Morgan fingerprint density at radius 3 is 1.88 bits per heavy atom. The summed E-state index contributed by atoms with van der Waals surface area (Å²) in [5.41, 5.74) is 7.95. The number of rotatable bonds is 9. The smallest absolute Gasteiger partial charge is 0.269 e. The van der Waals surface area contributed by atoms with E-state index in [9.17, 15) is 14.4 Å². The molecule has 210 valence electrons. The van der Waals surface area contributed by atoms with Crippen LogP contribution in [-0.4, -0.2) is 29.4 Å². The van der Waals surface area contributed by atoms with Crippen LogP contribution in [0.1, 0.15) is 83.6 Å². The number of unbranched alkanes of at least 4 members (excludes halogenated alkanes) is 2. The molecule has 40 heavy (non-hydrogen) atoms. The first kappa shape index (κ1) is 30.3. The lowest BCUT2D eigenvalue weighted by Gasteiger charge is -2.19. The number of amides is 3. The van der Waals surface area contributed by atoms with E-state index in [2.05, 4.69) is 49.2 Å². The molecule has 0 atom stereocenters. The molecule has 0 aromatic heterocycles. The number of carbonyl (C=O) groups excluding carboxylic acids is 3. The van der Waals surface area contributed by atoms with E-state index in [4.69, 9.17) is 17.0 Å². The number of nitrogens with one attached hydrogen (secondary N) is 4. The predicted molar refractivity (Wildman–Crippen MR) is 162 cm³/mol. The van der Waals surface area contributed by atoms with E-state index >= 15 is 0 Å². The highest BCUT2D eigenvalue weighted by atomic mass is 32.1. The van der Waals surface area contributed by atoms with Gasteiger partial charge in [-0.25, -0.2) is 0 Å². The highest BCUT2D eigenvalue weighted by Gasteiger charge is 2.15. The van der Waals surface area contributed by atoms with E-state index in [-0.39, 0.29) is 16.4 Å². The summed E-state index contributed by atoms with van der Waals surface area (Å²) in [6.45, 7) is 9.11. The van der Waals surface area contributed by atoms with Crippen LogP contribution < -0.4 is 26.2 Å². The Hall–Kier alpha value is -4.24. The number of anilines is 1. The minimum atomic E-state index is -0.461. The molecule has 0 aliphatic carbocycles. The molecule has 0 bridgehead atoms. The Morgan fingerprint density at radius 2 is 1.27 bits per heavy atom. The van der Waals surface area contributed by atoms with Crippen molar-refractivity contribution in [3.63, 3.8) is 0 Å². The average Bonchev–Trinajstić information content (AvgIpc) is 2.94. The fourth-order valence-corrected chi connectivity index (χ4v) is 3.81. The van der Waals surface area contributed by atoms with Crippen LogP contribution in [0.2, 0.25) is 0 Å². The molecule has 3 aromatic rings. The first-order chi connectivity index (χ1) is 19.1. The lowest BCUT2D eigenvalue weighted by molar-refractivity contribution is 0.0934. The Bertz CT molecular complexity index is 1320. The van der Waals surface area contributed by atoms with Gasteiger partial charge in [0.2, 0.25) is 0 Å². The summed E-state index contributed by atoms with van der Waals surface area (Å²) in [6, 6.07) is 20.6. The molecule has 0 spiro atoms. The van der Waals surface area contributed by atoms with Crippen molar-refractivity contribution in [1.29, 1.82) is 0 Å². The van der Waals surface area contributed by atoms with Gasteiger partial charge < -0.3 is 10.1 Å². The summed E-state index contributed by atoms with van der Waals surface area (Å²) >= 11 is 5.12. The molecule has 0 aliphatic heterocycles. The van der Waals surface area contributed by atoms with E-state index in [0.29, 0.717) is 34.7 Å². The summed E-state index contributed by atoms with van der Waals surface area (Å²) in [4.78, 5) is 37.5. The quantitative estimate of drug-likeness (QED) is 0.151. The lowest BCUT2D eigenvalue weighted by Crippen LogP contribution is -2.48. The zero-order valence-corrected chi connectivity index (χ0v) is 24.1. The van der Waals surface area contributed by atoms with Gasteiger partial charge in [-0.1, -0.05) is 52.7 Å². The molecular weight excluding hydrogens is 524 g/mol. The van der Waals surface area contributed by atoms with Gasteiger partial charge in [-0.2, -0.15) is 0 Å². The second-order valence-electron chi connectivity index (χ2n) is 10.3. The summed E-state index contributed by atoms with van der Waals surface area (Å²) in [5, 5.41) is 5.29. The standard InChI is InChI=1S/C31H36N4O4S/c1-5-6-7-20-39-26-18-12-22(13-19-26)28(37)33-30(40)35-34-29(38)23-10-16-25(17-11-23)32-27(36)21-8-14-24(15-9-21)31(2,3)4/h8-19H,5-7,20H2,1-4H3,(H,32,36)(H,34,38)(H2,33,35,37,40). The second kappa shape index (κ2) is 14.2. The molecule has 0 radical (unpaired) electrons. The molecule has 0 fully saturated rings. The minimum absolute atomic E-state index is 0.00480. The fraction of sp³-hybridized carbons (Fsp3) is 0.290. The summed E-state index contributed by atoms with van der Waals surface area (Å²) in [7, 11) is 0. The molecule has 8 nitrogen and oxygen atoms in total. The zero-order valence-electron chi connectivity index (χ0n) is 23.3. The van der Waals surface area contributed by atoms with E-state index in [1.54, 1.807) is 60.7 Å². The van der Waals surface area contributed by atoms with Crippen LogP contribution in [-0.2, 0) is 5.41 Å². The van der Waals surface area contributed by atoms with E-state index < -0.39 is 11.8 Å². The van der Waals surface area contributed by atoms with Crippen molar-refractivity contribution < 1.29 is 19.1 Å². The molecule has 0 heterocycles. The van der Waals surface area contributed by atoms with Crippen LogP contribution in [0.15, 0.2) is 72.8 Å². The van der Waals surface area contributed by atoms with Crippen molar-refractivity contribution in [1.82, 2.24) is 16.2 Å². The van der Waals surface area contributed by atoms with Gasteiger partial charge in [0, 0.05) is 22.4 Å². The van der Waals surface area contributed by atoms with E-state index in [0.717, 1.165) is 24.8 Å². The number of thiocarbonyl (C=S) groups is 1. The molecule has 3 aromatic carbocycles. The summed E-state index contributed by atoms with van der Waals surface area (Å²) < 4.78 is 5.65. The third-order valence-electron chi connectivity index (χ3n) is 6.07. The Labute approximate surface area is 240 Å². The normalized spacial score (nSPS) is 10.8. The molecule has 9 heteroatoms. The SMILES string of the molecule is CCCCCOc1ccc(C(=O)NC(=S)NNC(=O)c2ccc(NC(=O)c3ccc(C(C)(C)C)cc3)cc2)cc1. The largest absolute Gasteiger partial charge is 0.494 e. The van der Waals surface area contributed by atoms with Gasteiger partial charge in [0.05, 0.1) is 6.61 Å². The van der Waals surface area contributed by atoms with Gasteiger partial charge in [-0.3, -0.25) is 30.6 Å². The maximum Gasteiger partial charge on any atom is 0.269 e. The van der Waals surface area contributed by atoms with Crippen molar-refractivity contribution in [2.75, 3.05) is 11.9 Å². The lowest BCUT2D eigenvalue weighted by atomic mass is 9.87. The summed E-state index contributed by atoms with van der Waals surface area (Å²) in [6.07, 6.45) is 3.22. The van der Waals surface area contributed by atoms with Crippen molar-refractivity contribution in [3.05, 3.63) is 95.1 Å². The van der Waals surface area contributed by atoms with Crippen molar-refractivity contribution >= 4 is 40.7 Å². The van der Waals surface area contributed by atoms with Crippen LogP contribution in [0.25, 0.3) is 0 Å². The Kier molecular flexibility index (Phi) is 10.8. The van der Waals surface area contributed by atoms with Crippen molar-refractivity contribution in [3.8, 4) is 5.75 Å². The fourth-order valence-electron chi connectivity index (χ4n) is 3.67. The molecule has 0 aliphatic rings. The maximum absolute atomic E-state index is 12.6. The molecular formula is C31H36N4O4S. The number of ether oxygens (including phenoxy) is 1. The van der Waals surface area contributed by atoms with Crippen LogP contribution in [0, 0.1) is 0 Å². The van der Waals surface area contributed by atoms with Crippen LogP contribution >= 0.6 is 12.2 Å². The van der Waals surface area contributed by atoms with Gasteiger partial charge in [-0.15, -0.1) is 0 Å². The predicted octanol–water partition coefficient (Wildman–Crippen LogP) is 5.75. The van der Waals surface area contributed by atoms with Crippen LogP contribution in [0.5, 0.6) is 5.75 Å². The van der Waals surface area contributed by atoms with Gasteiger partial charge in [0.15, 0.2) is 5.11 Å². The molecule has 0 saturated carbocycles. The zero-order chi connectivity index (χ0) is 29.1. The second-order valence-corrected chi connectivity index (χ2v) is 10.7. The molecule has 3 rings (SSSR count). The number of hydrogen-bond donors (Lipinski definition) is 4. The highest BCUT2D eigenvalue weighted by Crippen LogP contribution is 2.22. The first-order valence-electron chi connectivity index (χ1n) is 13.2. The van der Waals surface area contributed by atoms with Gasteiger partial charge in [0.25, 0.3) is 17.7 Å². The third kappa shape index (κ3) is 9.20. The third-order valence-corrected chi connectivity index (χ3v) is 6.27. The Morgan fingerprint density at radius 1 is 0.725 bits per heavy atom. The van der Waals surface area contributed by atoms with Crippen molar-refractivity contribution in [2.24, 2.45) is 0 Å². The first-order valence-corrected chi connectivity index (χ1v) is 13.6. The topological polar surface area (TPSA) is 109 Å². The molecule has 0 unspecified atom stereocenters. The molecule has 0 saturated heterocycles. The van der Waals surface area contributed by atoms with Gasteiger partial charge in [-0.05, 0) is 90.3 Å². The number of hydrogen-bond acceptors (Lipinski definition) is 5. The Balaban J connectivity index is 1.44. The van der Waals surface area contributed by atoms with Crippen molar-refractivity contribution in [2.45, 2.75) is 52.4 Å². The highest BCUT2D eigenvalue weighted by molar-refractivity contribution is 7.80. The molecule has 3 amide bonds. The molecule has 4 N–H and O–H groups in total. The van der Waals surface area contributed by atoms with E-state index in [1.165, 1.54) is 0 Å². The number of benzene rings is 3. The minimum Gasteiger partial charge on any atom is -0.494 e. The van der Waals surface area contributed by atoms with Crippen LogP contribution in [0.4, 0.5) is 5.69 Å². The number of carbonyl (C=O) groups is 3. The van der Waals surface area contributed by atoms with Gasteiger partial charge >= 0.3 is 0 Å². The van der Waals surface area contributed by atoms with Gasteiger partial charge in [0.1, 0.15) is 5.75 Å². The average molecular weight is 561 g/mol. The van der Waals surface area contributed by atoms with E-state index in [1.807, 2.05) is 12.1 Å².